The van der Waals surface area contributed by atoms with E-state index >= 15 is 0 Å². The minimum absolute atomic E-state index is 0.132. The Bertz CT molecular complexity index is 1270. The smallest absolute Gasteiger partial charge is 0.262 e. The topological polar surface area (TPSA) is 83.8 Å². The van der Waals surface area contributed by atoms with Gasteiger partial charge in [-0.05, 0) is 67.9 Å². The molecule has 7 nitrogen and oxygen atoms in total. The zero-order valence-electron chi connectivity index (χ0n) is 19.1. The SMILES string of the molecule is C=Cc1cc(S(=O)(=O)Nc2cc(N3CCN[C@@H](C)C3)ccc2OC)ccc1-c1ccc(C)o1. The predicted octanol–water partition coefficient (Wildman–Crippen LogP) is 4.51. The van der Waals surface area contributed by atoms with Crippen molar-refractivity contribution in [2.24, 2.45) is 0 Å². The van der Waals surface area contributed by atoms with E-state index in [4.69, 9.17) is 9.15 Å². The molecule has 0 spiro atoms. The molecule has 0 radical (unpaired) electrons. The molecule has 0 aliphatic carbocycles. The Morgan fingerprint density at radius 2 is 2.03 bits per heavy atom. The summed E-state index contributed by atoms with van der Waals surface area (Å²) in [5.41, 5.74) is 2.79. The van der Waals surface area contributed by atoms with Crippen LogP contribution in [0.25, 0.3) is 17.4 Å². The maximum Gasteiger partial charge on any atom is 0.262 e. The van der Waals surface area contributed by atoms with Crippen molar-refractivity contribution in [3.05, 3.63) is 66.4 Å². The van der Waals surface area contributed by atoms with Crippen LogP contribution in [0.1, 0.15) is 18.2 Å². The van der Waals surface area contributed by atoms with Crippen molar-refractivity contribution >= 4 is 27.5 Å². The number of piperazine rings is 1. The van der Waals surface area contributed by atoms with Crippen molar-refractivity contribution in [2.75, 3.05) is 36.4 Å². The van der Waals surface area contributed by atoms with Gasteiger partial charge in [0.15, 0.2) is 0 Å². The van der Waals surface area contributed by atoms with Gasteiger partial charge >= 0.3 is 0 Å². The van der Waals surface area contributed by atoms with Crippen LogP contribution in [0.4, 0.5) is 11.4 Å². The number of ether oxygens (including phenoxy) is 1. The molecule has 2 aromatic carbocycles. The fourth-order valence-electron chi connectivity index (χ4n) is 4.02. The molecule has 2 N–H and O–H groups in total. The summed E-state index contributed by atoms with van der Waals surface area (Å²) in [6.07, 6.45) is 1.62. The first-order chi connectivity index (χ1) is 15.8. The van der Waals surface area contributed by atoms with E-state index < -0.39 is 10.0 Å². The molecule has 0 unspecified atom stereocenters. The summed E-state index contributed by atoms with van der Waals surface area (Å²) >= 11 is 0. The van der Waals surface area contributed by atoms with Crippen molar-refractivity contribution in [3.8, 4) is 17.1 Å². The van der Waals surface area contributed by atoms with E-state index in [0.29, 0.717) is 28.8 Å². The predicted molar refractivity (Wildman–Crippen MR) is 132 cm³/mol. The van der Waals surface area contributed by atoms with Crippen LogP contribution in [0.15, 0.2) is 64.4 Å². The molecule has 1 atom stereocenters. The number of aryl methyl sites for hydroxylation is 1. The number of hydrogen-bond acceptors (Lipinski definition) is 6. The van der Waals surface area contributed by atoms with E-state index in [1.165, 1.54) is 7.11 Å². The van der Waals surface area contributed by atoms with Gasteiger partial charge in [-0.1, -0.05) is 12.7 Å². The van der Waals surface area contributed by atoms with Crippen molar-refractivity contribution in [2.45, 2.75) is 24.8 Å². The molecule has 174 valence electrons. The molecular formula is C25H29N3O4S. The summed E-state index contributed by atoms with van der Waals surface area (Å²) in [6, 6.07) is 14.5. The lowest BCUT2D eigenvalue weighted by molar-refractivity contribution is 0.416. The van der Waals surface area contributed by atoms with Crippen molar-refractivity contribution < 1.29 is 17.6 Å². The van der Waals surface area contributed by atoms with Gasteiger partial charge in [0.25, 0.3) is 10.0 Å². The first kappa shape index (κ1) is 22.9. The van der Waals surface area contributed by atoms with Crippen LogP contribution in [0.5, 0.6) is 5.75 Å². The second-order valence-electron chi connectivity index (χ2n) is 8.15. The molecule has 1 fully saturated rings. The van der Waals surface area contributed by atoms with Crippen LogP contribution in [0.3, 0.4) is 0 Å². The Morgan fingerprint density at radius 3 is 2.70 bits per heavy atom. The minimum atomic E-state index is -3.87. The lowest BCUT2D eigenvalue weighted by Crippen LogP contribution is -2.49. The Labute approximate surface area is 195 Å². The number of benzene rings is 2. The lowest BCUT2D eigenvalue weighted by Gasteiger charge is -2.34. The molecular weight excluding hydrogens is 438 g/mol. The maximum absolute atomic E-state index is 13.3. The molecule has 8 heteroatoms. The highest BCUT2D eigenvalue weighted by Gasteiger charge is 2.21. The van der Waals surface area contributed by atoms with Gasteiger partial charge in [0.1, 0.15) is 17.3 Å². The number of nitrogens with one attached hydrogen (secondary N) is 2. The zero-order valence-corrected chi connectivity index (χ0v) is 19.9. The molecule has 3 aromatic rings. The summed E-state index contributed by atoms with van der Waals surface area (Å²) in [7, 11) is -2.35. The van der Waals surface area contributed by atoms with Crippen molar-refractivity contribution in [1.82, 2.24) is 5.32 Å². The van der Waals surface area contributed by atoms with Gasteiger partial charge in [0.05, 0.1) is 17.7 Å². The summed E-state index contributed by atoms with van der Waals surface area (Å²) < 4.78 is 40.4. The van der Waals surface area contributed by atoms with Gasteiger partial charge in [-0.25, -0.2) is 8.42 Å². The van der Waals surface area contributed by atoms with Gasteiger partial charge in [-0.15, -0.1) is 0 Å². The Hall–Kier alpha value is -3.23. The second kappa shape index (κ2) is 9.33. The fourth-order valence-corrected chi connectivity index (χ4v) is 5.12. The number of nitrogens with zero attached hydrogens (tertiary/aromatic N) is 1. The number of furan rings is 1. The highest BCUT2D eigenvalue weighted by Crippen LogP contribution is 2.33. The largest absolute Gasteiger partial charge is 0.495 e. The van der Waals surface area contributed by atoms with Crippen LogP contribution < -0.4 is 19.7 Å². The minimum Gasteiger partial charge on any atom is -0.495 e. The van der Waals surface area contributed by atoms with E-state index in [9.17, 15) is 8.42 Å². The lowest BCUT2D eigenvalue weighted by atomic mass is 10.1. The first-order valence-corrected chi connectivity index (χ1v) is 12.3. The molecule has 0 bridgehead atoms. The highest BCUT2D eigenvalue weighted by atomic mass is 32.2. The Kier molecular flexibility index (Phi) is 6.49. The third-order valence-electron chi connectivity index (χ3n) is 5.72. The maximum atomic E-state index is 13.3. The highest BCUT2D eigenvalue weighted by molar-refractivity contribution is 7.92. The Morgan fingerprint density at radius 1 is 1.21 bits per heavy atom. The molecule has 33 heavy (non-hydrogen) atoms. The number of rotatable bonds is 7. The molecule has 1 aliphatic rings. The van der Waals surface area contributed by atoms with E-state index in [1.807, 2.05) is 31.2 Å². The first-order valence-electron chi connectivity index (χ1n) is 10.8. The van der Waals surface area contributed by atoms with Crippen molar-refractivity contribution in [3.63, 3.8) is 0 Å². The number of methoxy groups -OCH3 is 1. The van der Waals surface area contributed by atoms with Gasteiger partial charge in [0.2, 0.25) is 0 Å². The van der Waals surface area contributed by atoms with Gasteiger partial charge in [0, 0.05) is 36.9 Å². The van der Waals surface area contributed by atoms with E-state index in [0.717, 1.165) is 36.6 Å². The van der Waals surface area contributed by atoms with Crippen LogP contribution in [-0.2, 0) is 10.0 Å². The number of anilines is 2. The normalized spacial score (nSPS) is 16.5. The number of hydrogen-bond donors (Lipinski definition) is 2. The summed E-state index contributed by atoms with van der Waals surface area (Å²) in [5.74, 6) is 1.90. The average Bonchev–Trinajstić information content (AvgIpc) is 3.24. The summed E-state index contributed by atoms with van der Waals surface area (Å²) in [4.78, 5) is 2.36. The Balaban J connectivity index is 1.65. The third-order valence-corrected chi connectivity index (χ3v) is 7.08. The van der Waals surface area contributed by atoms with Gasteiger partial charge < -0.3 is 19.4 Å². The number of sulfonamides is 1. The molecule has 1 aliphatic heterocycles. The summed E-state index contributed by atoms with van der Waals surface area (Å²) in [5, 5.41) is 3.41. The summed E-state index contributed by atoms with van der Waals surface area (Å²) in [6.45, 7) is 10.4. The molecule has 4 rings (SSSR count). The molecule has 1 saturated heterocycles. The van der Waals surface area contributed by atoms with E-state index in [2.05, 4.69) is 28.4 Å². The van der Waals surface area contributed by atoms with Crippen molar-refractivity contribution in [1.29, 1.82) is 0 Å². The average molecular weight is 468 g/mol. The van der Waals surface area contributed by atoms with Crippen LogP contribution >= 0.6 is 0 Å². The van der Waals surface area contributed by atoms with Crippen LogP contribution in [-0.4, -0.2) is 41.2 Å². The zero-order chi connectivity index (χ0) is 23.6. The van der Waals surface area contributed by atoms with Gasteiger partial charge in [-0.2, -0.15) is 0 Å². The van der Waals surface area contributed by atoms with Crippen LogP contribution in [0.2, 0.25) is 0 Å². The quantitative estimate of drug-likeness (QED) is 0.532. The third kappa shape index (κ3) is 4.91. The second-order valence-corrected chi connectivity index (χ2v) is 9.84. The molecule has 0 amide bonds. The molecule has 1 aromatic heterocycles. The standard InChI is InChI=1S/C25H29N3O4S/c1-5-19-14-21(8-9-22(19)24-10-6-18(3)32-24)33(29,30)27-23-15-20(7-11-25(23)31-4)28-13-12-26-17(2)16-28/h5-11,14-15,17,26-27H,1,12-13,16H2,2-4H3/t17-/m0/s1. The van der Waals surface area contributed by atoms with E-state index in [-0.39, 0.29) is 4.90 Å². The van der Waals surface area contributed by atoms with Crippen LogP contribution in [0, 0.1) is 6.92 Å². The van der Waals surface area contributed by atoms with Gasteiger partial charge in [-0.3, -0.25) is 4.72 Å². The fraction of sp³-hybridized carbons (Fsp3) is 0.280. The molecule has 2 heterocycles. The molecule has 0 saturated carbocycles. The van der Waals surface area contributed by atoms with E-state index in [1.54, 1.807) is 30.3 Å². The monoisotopic (exact) mass is 467 g/mol.